The van der Waals surface area contributed by atoms with Crippen LogP contribution in [0.25, 0.3) is 0 Å². The van der Waals surface area contributed by atoms with Crippen molar-refractivity contribution < 1.29 is 18.3 Å². The fourth-order valence-corrected chi connectivity index (χ4v) is 3.29. The molecule has 1 N–H and O–H groups in total. The summed E-state index contributed by atoms with van der Waals surface area (Å²) < 4.78 is 23.5. The maximum absolute atomic E-state index is 12.5. The van der Waals surface area contributed by atoms with E-state index in [4.69, 9.17) is 0 Å². The first-order valence-electron chi connectivity index (χ1n) is 7.02. The lowest BCUT2D eigenvalue weighted by Crippen LogP contribution is -2.26. The van der Waals surface area contributed by atoms with Crippen molar-refractivity contribution in [3.8, 4) is 5.75 Å². The van der Waals surface area contributed by atoms with Gasteiger partial charge in [-0.1, -0.05) is 18.2 Å². The Morgan fingerprint density at radius 1 is 1.13 bits per heavy atom. The molecule has 0 fully saturated rings. The van der Waals surface area contributed by atoms with Crippen molar-refractivity contribution in [3.63, 3.8) is 0 Å². The highest BCUT2D eigenvalue weighted by atomic mass is 32.2. The Kier molecular flexibility index (Phi) is 4.75. The minimum atomic E-state index is -3.38. The third-order valence-electron chi connectivity index (χ3n) is 3.54. The molecule has 0 unspecified atom stereocenters. The third-order valence-corrected chi connectivity index (χ3v) is 4.78. The van der Waals surface area contributed by atoms with Crippen molar-refractivity contribution in [2.24, 2.45) is 0 Å². The number of nitrogens with zero attached hydrogens (tertiary/aromatic N) is 1. The van der Waals surface area contributed by atoms with Gasteiger partial charge < -0.3 is 10.0 Å². The van der Waals surface area contributed by atoms with E-state index in [2.05, 4.69) is 0 Å². The van der Waals surface area contributed by atoms with Crippen molar-refractivity contribution in [3.05, 3.63) is 59.2 Å². The number of hydrogen-bond donors (Lipinski definition) is 1. The molecule has 5 nitrogen and oxygen atoms in total. The Morgan fingerprint density at radius 3 is 2.30 bits per heavy atom. The van der Waals surface area contributed by atoms with Gasteiger partial charge in [0.25, 0.3) is 5.91 Å². The summed E-state index contributed by atoms with van der Waals surface area (Å²) in [4.78, 5) is 14.2. The summed E-state index contributed by atoms with van der Waals surface area (Å²) in [5.41, 5.74) is 1.82. The van der Waals surface area contributed by atoms with E-state index >= 15 is 0 Å². The largest absolute Gasteiger partial charge is 0.508 e. The van der Waals surface area contributed by atoms with Crippen LogP contribution < -0.4 is 0 Å². The first-order chi connectivity index (χ1) is 10.7. The minimum Gasteiger partial charge on any atom is -0.508 e. The number of phenolic OH excluding ortho intramolecular Hbond substituents is 1. The second kappa shape index (κ2) is 6.42. The van der Waals surface area contributed by atoms with Gasteiger partial charge in [0.2, 0.25) is 0 Å². The van der Waals surface area contributed by atoms with Crippen LogP contribution in [0.4, 0.5) is 0 Å². The van der Waals surface area contributed by atoms with Gasteiger partial charge in [-0.25, -0.2) is 8.42 Å². The summed E-state index contributed by atoms with van der Waals surface area (Å²) in [6, 6.07) is 11.3. The Morgan fingerprint density at radius 2 is 1.74 bits per heavy atom. The Balaban J connectivity index is 2.24. The van der Waals surface area contributed by atoms with Crippen LogP contribution >= 0.6 is 0 Å². The highest BCUT2D eigenvalue weighted by Crippen LogP contribution is 2.19. The average Bonchev–Trinajstić information content (AvgIpc) is 2.48. The molecule has 6 heteroatoms. The molecule has 2 aromatic carbocycles. The van der Waals surface area contributed by atoms with Crippen LogP contribution in [-0.2, 0) is 16.4 Å². The molecular weight excluding hydrogens is 314 g/mol. The Bertz CT molecular complexity index is 826. The lowest BCUT2D eigenvalue weighted by atomic mass is 10.1. The second-order valence-electron chi connectivity index (χ2n) is 5.58. The molecule has 122 valence electrons. The van der Waals surface area contributed by atoms with E-state index < -0.39 is 9.84 Å². The van der Waals surface area contributed by atoms with Gasteiger partial charge in [0.15, 0.2) is 9.84 Å². The topological polar surface area (TPSA) is 74.7 Å². The van der Waals surface area contributed by atoms with Crippen LogP contribution in [-0.4, -0.2) is 37.6 Å². The molecule has 0 atom stereocenters. The maximum atomic E-state index is 12.5. The molecule has 0 heterocycles. The van der Waals surface area contributed by atoms with Crippen molar-refractivity contribution in [2.75, 3.05) is 13.3 Å². The van der Waals surface area contributed by atoms with Crippen LogP contribution in [0.3, 0.4) is 0 Å². The monoisotopic (exact) mass is 333 g/mol. The fraction of sp³-hybridized carbons (Fsp3) is 0.235. The third kappa shape index (κ3) is 4.10. The molecule has 0 saturated carbocycles. The average molecular weight is 333 g/mol. The number of hydrogen-bond acceptors (Lipinski definition) is 4. The van der Waals surface area contributed by atoms with Gasteiger partial charge in [-0.15, -0.1) is 0 Å². The molecule has 1 amide bonds. The summed E-state index contributed by atoms with van der Waals surface area (Å²) in [7, 11) is -1.73. The van der Waals surface area contributed by atoms with Crippen LogP contribution in [0.2, 0.25) is 0 Å². The number of benzene rings is 2. The highest BCUT2D eigenvalue weighted by molar-refractivity contribution is 7.90. The molecule has 23 heavy (non-hydrogen) atoms. The summed E-state index contributed by atoms with van der Waals surface area (Å²) in [5.74, 6) is -0.0953. The predicted molar refractivity (Wildman–Crippen MR) is 88.2 cm³/mol. The van der Waals surface area contributed by atoms with Gasteiger partial charge in [0.1, 0.15) is 5.75 Å². The van der Waals surface area contributed by atoms with Crippen LogP contribution in [0.5, 0.6) is 5.75 Å². The number of rotatable bonds is 4. The number of carbonyl (C=O) groups excluding carboxylic acids is 1. The zero-order valence-electron chi connectivity index (χ0n) is 13.3. The molecule has 0 aliphatic carbocycles. The van der Waals surface area contributed by atoms with Crippen LogP contribution in [0.15, 0.2) is 47.4 Å². The smallest absolute Gasteiger partial charge is 0.253 e. The summed E-state index contributed by atoms with van der Waals surface area (Å²) in [6.07, 6.45) is 1.13. The van der Waals surface area contributed by atoms with Gasteiger partial charge in [0, 0.05) is 25.4 Å². The number of aryl methyl sites for hydroxylation is 1. The van der Waals surface area contributed by atoms with Crippen LogP contribution in [0.1, 0.15) is 21.5 Å². The van der Waals surface area contributed by atoms with E-state index in [0.29, 0.717) is 17.7 Å². The molecule has 0 aromatic heterocycles. The molecule has 0 radical (unpaired) electrons. The van der Waals surface area contributed by atoms with Gasteiger partial charge in [-0.3, -0.25) is 4.79 Å². The van der Waals surface area contributed by atoms with E-state index in [1.807, 2.05) is 0 Å². The van der Waals surface area contributed by atoms with Crippen molar-refractivity contribution >= 4 is 15.7 Å². The molecule has 2 rings (SSSR count). The summed E-state index contributed by atoms with van der Waals surface area (Å²) in [6.45, 7) is 2.06. The number of amides is 1. The fourth-order valence-electron chi connectivity index (χ4n) is 2.30. The van der Waals surface area contributed by atoms with Crippen LogP contribution in [0, 0.1) is 6.92 Å². The summed E-state index contributed by atoms with van der Waals surface area (Å²) in [5, 5.41) is 9.27. The number of aromatic hydroxyl groups is 1. The lowest BCUT2D eigenvalue weighted by Gasteiger charge is -2.18. The van der Waals surface area contributed by atoms with E-state index in [1.54, 1.807) is 50.4 Å². The lowest BCUT2D eigenvalue weighted by molar-refractivity contribution is 0.0785. The molecule has 2 aromatic rings. The molecular formula is C17H19NO4S. The van der Waals surface area contributed by atoms with Gasteiger partial charge in [-0.05, 0) is 42.3 Å². The van der Waals surface area contributed by atoms with Crippen molar-refractivity contribution in [1.82, 2.24) is 4.90 Å². The number of phenols is 1. The molecule has 0 saturated heterocycles. The molecule has 0 bridgehead atoms. The molecule has 0 aliphatic heterocycles. The van der Waals surface area contributed by atoms with E-state index in [9.17, 15) is 18.3 Å². The Hall–Kier alpha value is -2.34. The maximum Gasteiger partial charge on any atom is 0.253 e. The predicted octanol–water partition coefficient (Wildman–Crippen LogP) is 2.38. The highest BCUT2D eigenvalue weighted by Gasteiger charge is 2.17. The molecule has 0 aliphatic rings. The van der Waals surface area contributed by atoms with E-state index in [0.717, 1.165) is 11.8 Å². The van der Waals surface area contributed by atoms with Gasteiger partial charge in [0.05, 0.1) is 4.90 Å². The van der Waals surface area contributed by atoms with E-state index in [1.165, 1.54) is 11.0 Å². The number of sulfone groups is 1. The SMILES string of the molecule is Cc1ccc(C(=O)N(C)Cc2ccc(O)cc2)cc1S(C)(=O)=O. The zero-order chi connectivity index (χ0) is 17.2. The standard InChI is InChI=1S/C17H19NO4S/c1-12-4-7-14(10-16(12)23(3,21)22)17(20)18(2)11-13-5-8-15(19)9-6-13/h4-10,19H,11H2,1-3H3. The first kappa shape index (κ1) is 17.0. The minimum absolute atomic E-state index is 0.166. The van der Waals surface area contributed by atoms with Crippen molar-refractivity contribution in [1.29, 1.82) is 0 Å². The van der Waals surface area contributed by atoms with E-state index in [-0.39, 0.29) is 16.6 Å². The first-order valence-corrected chi connectivity index (χ1v) is 8.91. The Labute approximate surface area is 136 Å². The number of carbonyl (C=O) groups is 1. The normalized spacial score (nSPS) is 11.3. The molecule has 0 spiro atoms. The van der Waals surface area contributed by atoms with Gasteiger partial charge >= 0.3 is 0 Å². The summed E-state index contributed by atoms with van der Waals surface area (Å²) >= 11 is 0. The van der Waals surface area contributed by atoms with Gasteiger partial charge in [-0.2, -0.15) is 0 Å². The quantitative estimate of drug-likeness (QED) is 0.932. The second-order valence-corrected chi connectivity index (χ2v) is 7.56. The van der Waals surface area contributed by atoms with Crippen molar-refractivity contribution in [2.45, 2.75) is 18.4 Å². The zero-order valence-corrected chi connectivity index (χ0v) is 14.1.